The van der Waals surface area contributed by atoms with Crippen LogP contribution in [0.5, 0.6) is 5.75 Å². The van der Waals surface area contributed by atoms with Crippen molar-refractivity contribution in [2.75, 3.05) is 20.2 Å². The topological polar surface area (TPSA) is 32.7 Å². The average molecular weight is 426 g/mol. The molecule has 3 nitrogen and oxygen atoms in total. The first-order valence-corrected chi connectivity index (χ1v) is 12.0. The van der Waals surface area contributed by atoms with E-state index in [2.05, 4.69) is 47.4 Å². The van der Waals surface area contributed by atoms with Crippen molar-refractivity contribution in [3.8, 4) is 5.75 Å². The first-order chi connectivity index (χ1) is 15.7. The number of fused-ring (bicyclic) bond motifs is 4. The lowest BCUT2D eigenvalue weighted by Crippen LogP contribution is -2.35. The van der Waals surface area contributed by atoms with Crippen LogP contribution < -0.4 is 4.74 Å². The highest BCUT2D eigenvalue weighted by Gasteiger charge is 2.41. The number of hydrogen-bond acceptors (Lipinski definition) is 3. The molecule has 3 aromatic carbocycles. The smallest absolute Gasteiger partial charge is 0.118 e. The summed E-state index contributed by atoms with van der Waals surface area (Å²) in [7, 11) is 1.67. The van der Waals surface area contributed by atoms with Gasteiger partial charge < -0.3 is 9.84 Å². The Balaban J connectivity index is 1.20. The third-order valence-electron chi connectivity index (χ3n) is 7.88. The summed E-state index contributed by atoms with van der Waals surface area (Å²) in [6, 6.07) is 19.2. The van der Waals surface area contributed by atoms with Gasteiger partial charge in [-0.15, -0.1) is 0 Å². The number of hydrogen-bond donors (Lipinski definition) is 1. The molecule has 1 saturated carbocycles. The Morgan fingerprint density at radius 3 is 2.62 bits per heavy atom. The summed E-state index contributed by atoms with van der Waals surface area (Å²) in [5.41, 5.74) is 5.59. The lowest BCUT2D eigenvalue weighted by atomic mass is 9.85. The second-order valence-electron chi connectivity index (χ2n) is 9.78. The standard InChI is InChI=1S/C29H31NO2/c1-32-24-10-8-19(9-11-24)29(31)20-12-14-30(15-13-20)18-27-25-5-3-2-4-21(25)16-23-7-6-22-17-26(22)28(23)27/h2-11,16,20,22,26,29,31H,12-15,17-18H2,1H3. The minimum absolute atomic E-state index is 0.317. The van der Waals surface area contributed by atoms with Crippen molar-refractivity contribution < 1.29 is 9.84 Å². The highest BCUT2D eigenvalue weighted by molar-refractivity contribution is 5.90. The van der Waals surface area contributed by atoms with Crippen LogP contribution in [0, 0.1) is 11.8 Å². The zero-order valence-electron chi connectivity index (χ0n) is 18.7. The molecule has 0 radical (unpaired) electrons. The van der Waals surface area contributed by atoms with E-state index in [1.54, 1.807) is 18.2 Å². The van der Waals surface area contributed by atoms with Gasteiger partial charge in [0.25, 0.3) is 0 Å². The second-order valence-corrected chi connectivity index (χ2v) is 9.78. The number of allylic oxidation sites excluding steroid dienone is 1. The number of aliphatic hydroxyl groups excluding tert-OH is 1. The van der Waals surface area contributed by atoms with E-state index in [9.17, 15) is 5.11 Å². The molecule has 3 atom stereocenters. The summed E-state index contributed by atoms with van der Waals surface area (Å²) < 4.78 is 5.25. The van der Waals surface area contributed by atoms with Gasteiger partial charge in [0.05, 0.1) is 13.2 Å². The summed E-state index contributed by atoms with van der Waals surface area (Å²) in [5.74, 6) is 2.63. The fourth-order valence-corrected chi connectivity index (χ4v) is 5.92. The van der Waals surface area contributed by atoms with Crippen LogP contribution in [0.15, 0.2) is 60.7 Å². The molecule has 1 heterocycles. The summed E-state index contributed by atoms with van der Waals surface area (Å²) in [6.45, 7) is 3.10. The molecule has 2 aliphatic carbocycles. The molecule has 6 rings (SSSR count). The molecule has 3 unspecified atom stereocenters. The van der Waals surface area contributed by atoms with Gasteiger partial charge in [-0.05, 0) is 101 Å². The minimum atomic E-state index is -0.397. The highest BCUT2D eigenvalue weighted by atomic mass is 16.5. The largest absolute Gasteiger partial charge is 0.497 e. The zero-order chi connectivity index (χ0) is 21.7. The van der Waals surface area contributed by atoms with E-state index in [0.717, 1.165) is 55.6 Å². The van der Waals surface area contributed by atoms with Crippen LogP contribution in [0.1, 0.15) is 53.5 Å². The van der Waals surface area contributed by atoms with E-state index in [-0.39, 0.29) is 0 Å². The van der Waals surface area contributed by atoms with Gasteiger partial charge in [0.2, 0.25) is 0 Å². The number of benzene rings is 3. The maximum atomic E-state index is 11.0. The van der Waals surface area contributed by atoms with Crippen molar-refractivity contribution in [3.63, 3.8) is 0 Å². The maximum Gasteiger partial charge on any atom is 0.118 e. The molecular weight excluding hydrogens is 394 g/mol. The predicted octanol–water partition coefficient (Wildman–Crippen LogP) is 5.92. The van der Waals surface area contributed by atoms with E-state index in [1.165, 1.54) is 22.8 Å². The third-order valence-corrected chi connectivity index (χ3v) is 7.88. The molecule has 3 aromatic rings. The van der Waals surface area contributed by atoms with Gasteiger partial charge in [-0.25, -0.2) is 0 Å². The molecule has 32 heavy (non-hydrogen) atoms. The van der Waals surface area contributed by atoms with E-state index in [4.69, 9.17) is 4.74 Å². The lowest BCUT2D eigenvalue weighted by molar-refractivity contribution is 0.0568. The summed E-state index contributed by atoms with van der Waals surface area (Å²) >= 11 is 0. The number of likely N-dealkylation sites (tertiary alicyclic amines) is 1. The van der Waals surface area contributed by atoms with E-state index in [1.807, 2.05) is 24.3 Å². The summed E-state index contributed by atoms with van der Waals surface area (Å²) in [5, 5.41) is 13.7. The number of nitrogens with zero attached hydrogens (tertiary/aromatic N) is 1. The Hall–Kier alpha value is -2.62. The molecule has 1 saturated heterocycles. The number of aliphatic hydroxyl groups is 1. The first kappa shape index (κ1) is 20.0. The number of ether oxygens (including phenoxy) is 1. The molecular formula is C29H31NO2. The van der Waals surface area contributed by atoms with Crippen molar-refractivity contribution in [2.45, 2.75) is 37.8 Å². The fraction of sp³-hybridized carbons (Fsp3) is 0.379. The molecule has 0 aromatic heterocycles. The highest BCUT2D eigenvalue weighted by Crippen LogP contribution is 2.55. The molecule has 0 amide bonds. The Bertz CT molecular complexity index is 1160. The third kappa shape index (κ3) is 3.54. The number of rotatable bonds is 5. The van der Waals surface area contributed by atoms with Gasteiger partial charge in [-0.1, -0.05) is 48.6 Å². The molecule has 1 N–H and O–H groups in total. The van der Waals surface area contributed by atoms with Crippen molar-refractivity contribution in [3.05, 3.63) is 82.9 Å². The zero-order valence-corrected chi connectivity index (χ0v) is 18.7. The van der Waals surface area contributed by atoms with E-state index >= 15 is 0 Å². The Labute approximate surface area is 190 Å². The van der Waals surface area contributed by atoms with Gasteiger partial charge in [0.15, 0.2) is 0 Å². The van der Waals surface area contributed by atoms with Gasteiger partial charge in [0.1, 0.15) is 5.75 Å². The Morgan fingerprint density at radius 2 is 1.84 bits per heavy atom. The van der Waals surface area contributed by atoms with Crippen LogP contribution in [-0.2, 0) is 6.54 Å². The van der Waals surface area contributed by atoms with E-state index < -0.39 is 6.10 Å². The van der Waals surface area contributed by atoms with Crippen LogP contribution in [0.4, 0.5) is 0 Å². The average Bonchev–Trinajstić information content (AvgIpc) is 3.64. The van der Waals surface area contributed by atoms with Crippen molar-refractivity contribution in [2.24, 2.45) is 11.8 Å². The fourth-order valence-electron chi connectivity index (χ4n) is 5.92. The summed E-state index contributed by atoms with van der Waals surface area (Å²) in [4.78, 5) is 2.61. The van der Waals surface area contributed by atoms with Gasteiger partial charge in [-0.2, -0.15) is 0 Å². The first-order valence-electron chi connectivity index (χ1n) is 12.0. The number of methoxy groups -OCH3 is 1. The predicted molar refractivity (Wildman–Crippen MR) is 130 cm³/mol. The molecule has 164 valence electrons. The van der Waals surface area contributed by atoms with Gasteiger partial charge in [-0.3, -0.25) is 4.90 Å². The van der Waals surface area contributed by atoms with Crippen molar-refractivity contribution in [1.29, 1.82) is 0 Å². The second kappa shape index (κ2) is 8.06. The molecule has 1 aliphatic heterocycles. The van der Waals surface area contributed by atoms with Crippen molar-refractivity contribution in [1.82, 2.24) is 4.90 Å². The minimum Gasteiger partial charge on any atom is -0.497 e. The molecule has 3 aliphatic rings. The van der Waals surface area contributed by atoms with Crippen LogP contribution in [0.3, 0.4) is 0 Å². The van der Waals surface area contributed by atoms with Gasteiger partial charge in [0, 0.05) is 6.54 Å². The van der Waals surface area contributed by atoms with Crippen LogP contribution >= 0.6 is 0 Å². The van der Waals surface area contributed by atoms with E-state index in [0.29, 0.717) is 5.92 Å². The normalized spacial score (nSPS) is 23.6. The molecule has 3 heteroatoms. The SMILES string of the molecule is COc1ccc(C(O)C2CCN(Cc3c4c(cc5ccccc35)C=CC3CC43)CC2)cc1. The van der Waals surface area contributed by atoms with Crippen LogP contribution in [0.25, 0.3) is 16.8 Å². The number of piperidine rings is 1. The maximum absolute atomic E-state index is 11.0. The molecule has 0 bridgehead atoms. The molecule has 2 fully saturated rings. The van der Waals surface area contributed by atoms with Crippen LogP contribution in [-0.4, -0.2) is 30.2 Å². The molecule has 0 spiro atoms. The summed E-state index contributed by atoms with van der Waals surface area (Å²) in [6.07, 6.45) is 7.75. The Morgan fingerprint density at radius 1 is 1.06 bits per heavy atom. The Kier molecular flexibility index (Phi) is 5.04. The van der Waals surface area contributed by atoms with Crippen LogP contribution in [0.2, 0.25) is 0 Å². The van der Waals surface area contributed by atoms with Gasteiger partial charge >= 0.3 is 0 Å². The lowest BCUT2D eigenvalue weighted by Gasteiger charge is -2.35. The van der Waals surface area contributed by atoms with Crippen molar-refractivity contribution >= 4 is 16.8 Å². The monoisotopic (exact) mass is 425 g/mol. The quantitative estimate of drug-likeness (QED) is 0.550.